The van der Waals surface area contributed by atoms with Crippen LogP contribution in [0.4, 0.5) is 0 Å². The largest absolute Gasteiger partial charge is 0.328 e. The fourth-order valence-corrected chi connectivity index (χ4v) is 4.20. The van der Waals surface area contributed by atoms with Gasteiger partial charge in [0.2, 0.25) is 0 Å². The fraction of sp³-hybridized carbons (Fsp3) is 0.458. The monoisotopic (exact) mass is 433 g/mol. The average molecular weight is 434 g/mol. The molecule has 0 amide bonds. The fourth-order valence-electron chi connectivity index (χ4n) is 4.20. The Morgan fingerprint density at radius 2 is 1.88 bits per heavy atom. The molecule has 8 nitrogen and oxygen atoms in total. The van der Waals surface area contributed by atoms with E-state index in [1.807, 2.05) is 42.7 Å². The number of imidazole rings is 1. The van der Waals surface area contributed by atoms with Crippen LogP contribution in [0.15, 0.2) is 35.3 Å². The first-order chi connectivity index (χ1) is 15.5. The molecule has 0 saturated carbocycles. The molecule has 4 rings (SSSR count). The number of hydrogen-bond donors (Lipinski definition) is 1. The minimum absolute atomic E-state index is 0.156. The molecule has 4 aromatic rings. The number of aryl methyl sites for hydroxylation is 3. The van der Waals surface area contributed by atoms with Crippen LogP contribution in [0.3, 0.4) is 0 Å². The minimum Gasteiger partial charge on any atom is -0.328 e. The molecule has 0 fully saturated rings. The van der Waals surface area contributed by atoms with Crippen LogP contribution in [0.2, 0.25) is 0 Å². The maximum Gasteiger partial charge on any atom is 0.293 e. The predicted octanol–water partition coefficient (Wildman–Crippen LogP) is 3.36. The van der Waals surface area contributed by atoms with E-state index in [2.05, 4.69) is 22.0 Å². The Morgan fingerprint density at radius 1 is 1.06 bits per heavy atom. The lowest BCUT2D eigenvalue weighted by atomic mass is 10.1. The van der Waals surface area contributed by atoms with Crippen molar-refractivity contribution in [2.45, 2.75) is 72.0 Å². The van der Waals surface area contributed by atoms with Crippen molar-refractivity contribution in [2.24, 2.45) is 5.73 Å². The van der Waals surface area contributed by atoms with Crippen molar-refractivity contribution in [2.75, 3.05) is 0 Å². The topological polar surface area (TPSA) is 105 Å². The van der Waals surface area contributed by atoms with Gasteiger partial charge >= 0.3 is 0 Å². The third-order valence-electron chi connectivity index (χ3n) is 5.94. The van der Waals surface area contributed by atoms with Crippen LogP contribution < -0.4 is 11.3 Å². The molecule has 0 aliphatic heterocycles. The second kappa shape index (κ2) is 9.56. The van der Waals surface area contributed by atoms with Crippen LogP contribution in [0.5, 0.6) is 0 Å². The summed E-state index contributed by atoms with van der Waals surface area (Å²) in [6, 6.07) is 8.03. The van der Waals surface area contributed by atoms with Gasteiger partial charge in [0.1, 0.15) is 23.4 Å². The highest BCUT2D eigenvalue weighted by atomic mass is 16.1. The van der Waals surface area contributed by atoms with Gasteiger partial charge in [-0.15, -0.1) is 0 Å². The van der Waals surface area contributed by atoms with Gasteiger partial charge in [-0.3, -0.25) is 4.79 Å². The van der Waals surface area contributed by atoms with Crippen molar-refractivity contribution >= 4 is 21.9 Å². The van der Waals surface area contributed by atoms with Crippen LogP contribution >= 0.6 is 0 Å². The number of fused-ring (bicyclic) bond motifs is 2. The Balaban J connectivity index is 1.64. The van der Waals surface area contributed by atoms with Crippen molar-refractivity contribution in [3.8, 4) is 0 Å². The van der Waals surface area contributed by atoms with E-state index in [9.17, 15) is 4.79 Å². The number of nitrogens with zero attached hydrogens (tertiary/aromatic N) is 6. The summed E-state index contributed by atoms with van der Waals surface area (Å²) in [6.07, 6.45) is 6.57. The van der Waals surface area contributed by atoms with Gasteiger partial charge < -0.3 is 10.3 Å². The predicted molar refractivity (Wildman–Crippen MR) is 127 cm³/mol. The van der Waals surface area contributed by atoms with Gasteiger partial charge in [0.05, 0.1) is 11.7 Å². The van der Waals surface area contributed by atoms with Crippen LogP contribution in [0.25, 0.3) is 21.9 Å². The summed E-state index contributed by atoms with van der Waals surface area (Å²) in [5.74, 6) is 1.46. The SMILES string of the molecule is CCCC[C@@H](N)CCc1nc2cnn(Cc3nc(C)c4ccccc4n3)c(=O)c2n1CC. The molecule has 0 saturated heterocycles. The second-order valence-electron chi connectivity index (χ2n) is 8.30. The molecule has 3 heterocycles. The number of hydrogen-bond acceptors (Lipinski definition) is 6. The number of para-hydroxylation sites is 1. The smallest absolute Gasteiger partial charge is 0.293 e. The third kappa shape index (κ3) is 4.41. The van der Waals surface area contributed by atoms with E-state index in [0.717, 1.165) is 54.5 Å². The molecular formula is C24H31N7O. The van der Waals surface area contributed by atoms with E-state index in [0.29, 0.717) is 23.4 Å². The zero-order chi connectivity index (χ0) is 22.7. The molecule has 0 unspecified atom stereocenters. The minimum atomic E-state index is -0.173. The first-order valence-electron chi connectivity index (χ1n) is 11.4. The molecule has 0 spiro atoms. The number of benzene rings is 1. The Bertz CT molecular complexity index is 1290. The molecule has 2 N–H and O–H groups in total. The Kier molecular flexibility index (Phi) is 6.60. The molecule has 0 radical (unpaired) electrons. The number of rotatable bonds is 9. The number of unbranched alkanes of at least 4 members (excludes halogenated alkanes) is 1. The lowest BCUT2D eigenvalue weighted by Gasteiger charge is -2.11. The van der Waals surface area contributed by atoms with E-state index in [1.165, 1.54) is 4.68 Å². The van der Waals surface area contributed by atoms with Gasteiger partial charge in [0.15, 0.2) is 5.82 Å². The summed E-state index contributed by atoms with van der Waals surface area (Å²) in [6.45, 7) is 7.04. The molecule has 0 aliphatic carbocycles. The Morgan fingerprint density at radius 3 is 2.66 bits per heavy atom. The standard InChI is InChI=1S/C24H31N7O/c1-4-6-9-17(25)12-13-22-29-20-14-26-31(24(32)23(20)30(22)5-2)15-21-27-16(3)18-10-7-8-11-19(18)28-21/h7-8,10-11,14,17H,4-6,9,12-13,15,25H2,1-3H3/t17-/m1/s1. The van der Waals surface area contributed by atoms with E-state index in [4.69, 9.17) is 10.7 Å². The molecule has 3 aromatic heterocycles. The van der Waals surface area contributed by atoms with Crippen LogP contribution in [-0.2, 0) is 19.5 Å². The molecule has 168 valence electrons. The van der Waals surface area contributed by atoms with Gasteiger partial charge in [-0.1, -0.05) is 38.0 Å². The highest BCUT2D eigenvalue weighted by molar-refractivity contribution is 5.80. The molecule has 1 atom stereocenters. The molecule has 32 heavy (non-hydrogen) atoms. The quantitative estimate of drug-likeness (QED) is 0.434. The summed E-state index contributed by atoms with van der Waals surface area (Å²) < 4.78 is 3.42. The van der Waals surface area contributed by atoms with Crippen molar-refractivity contribution in [3.05, 3.63) is 58.2 Å². The van der Waals surface area contributed by atoms with Gasteiger partial charge in [0, 0.05) is 30.1 Å². The number of nitrogens with two attached hydrogens (primary N) is 1. The van der Waals surface area contributed by atoms with Gasteiger partial charge in [0.25, 0.3) is 5.56 Å². The van der Waals surface area contributed by atoms with Crippen molar-refractivity contribution in [1.82, 2.24) is 29.3 Å². The second-order valence-corrected chi connectivity index (χ2v) is 8.30. The highest BCUT2D eigenvalue weighted by Crippen LogP contribution is 2.17. The van der Waals surface area contributed by atoms with Gasteiger partial charge in [-0.2, -0.15) is 5.10 Å². The van der Waals surface area contributed by atoms with Crippen LogP contribution in [-0.4, -0.2) is 35.3 Å². The average Bonchev–Trinajstić information content (AvgIpc) is 3.16. The normalized spacial score (nSPS) is 12.6. The van der Waals surface area contributed by atoms with Crippen LogP contribution in [0, 0.1) is 6.92 Å². The van der Waals surface area contributed by atoms with E-state index in [1.54, 1.807) is 6.20 Å². The van der Waals surface area contributed by atoms with Crippen molar-refractivity contribution in [3.63, 3.8) is 0 Å². The van der Waals surface area contributed by atoms with E-state index >= 15 is 0 Å². The van der Waals surface area contributed by atoms with Crippen LogP contribution in [0.1, 0.15) is 56.9 Å². The van der Waals surface area contributed by atoms with Gasteiger partial charge in [-0.25, -0.2) is 19.6 Å². The summed E-state index contributed by atoms with van der Waals surface area (Å²) in [5.41, 5.74) is 9.04. The molecule has 0 bridgehead atoms. The summed E-state index contributed by atoms with van der Waals surface area (Å²) in [4.78, 5) is 27.2. The Labute approximate surface area is 187 Å². The Hall–Kier alpha value is -3.13. The summed E-state index contributed by atoms with van der Waals surface area (Å²) in [7, 11) is 0. The zero-order valence-corrected chi connectivity index (χ0v) is 19.1. The number of aromatic nitrogens is 6. The van der Waals surface area contributed by atoms with Crippen molar-refractivity contribution < 1.29 is 0 Å². The lowest BCUT2D eigenvalue weighted by molar-refractivity contribution is 0.528. The van der Waals surface area contributed by atoms with Gasteiger partial charge in [-0.05, 0) is 32.8 Å². The maximum absolute atomic E-state index is 13.3. The first kappa shape index (κ1) is 22.1. The molecule has 8 heteroatoms. The summed E-state index contributed by atoms with van der Waals surface area (Å²) >= 11 is 0. The first-order valence-corrected chi connectivity index (χ1v) is 11.4. The lowest BCUT2D eigenvalue weighted by Crippen LogP contribution is -2.26. The highest BCUT2D eigenvalue weighted by Gasteiger charge is 2.17. The van der Waals surface area contributed by atoms with Crippen molar-refractivity contribution in [1.29, 1.82) is 0 Å². The molecule has 1 aromatic carbocycles. The van der Waals surface area contributed by atoms with E-state index < -0.39 is 0 Å². The molecule has 0 aliphatic rings. The maximum atomic E-state index is 13.3. The summed E-state index contributed by atoms with van der Waals surface area (Å²) in [5, 5.41) is 5.37. The third-order valence-corrected chi connectivity index (χ3v) is 5.94. The molecular weight excluding hydrogens is 402 g/mol. The zero-order valence-electron chi connectivity index (χ0n) is 19.1. The van der Waals surface area contributed by atoms with E-state index in [-0.39, 0.29) is 18.1 Å².